The Morgan fingerprint density at radius 2 is 2.27 bits per heavy atom. The molecule has 1 atom stereocenters. The molecule has 1 aliphatic heterocycles. The van der Waals surface area contributed by atoms with Gasteiger partial charge in [0.2, 0.25) is 0 Å². The molecule has 1 unspecified atom stereocenters. The lowest BCUT2D eigenvalue weighted by atomic mass is 10.1. The molecule has 1 fully saturated rings. The van der Waals surface area contributed by atoms with Gasteiger partial charge < -0.3 is 15.0 Å². The summed E-state index contributed by atoms with van der Waals surface area (Å²) in [6, 6.07) is 2.18. The molecule has 0 spiro atoms. The number of rotatable bonds is 4. The summed E-state index contributed by atoms with van der Waals surface area (Å²) in [5.41, 5.74) is -0.419. The van der Waals surface area contributed by atoms with E-state index in [0.29, 0.717) is 5.92 Å². The highest BCUT2D eigenvalue weighted by Crippen LogP contribution is 2.26. The molecule has 22 heavy (non-hydrogen) atoms. The van der Waals surface area contributed by atoms with Gasteiger partial charge in [0, 0.05) is 40.4 Å². The predicted molar refractivity (Wildman–Crippen MR) is 94.4 cm³/mol. The largest absolute Gasteiger partial charge is 0.444 e. The smallest absolute Gasteiger partial charge is 0.410 e. The van der Waals surface area contributed by atoms with Crippen molar-refractivity contribution in [2.75, 3.05) is 19.6 Å². The molecule has 0 aliphatic carbocycles. The summed E-state index contributed by atoms with van der Waals surface area (Å²) in [6.45, 7) is 11.2. The zero-order valence-corrected chi connectivity index (χ0v) is 16.1. The third-order valence-corrected chi connectivity index (χ3v) is 5.71. The Kier molecular flexibility index (Phi) is 5.91. The number of carbonyl (C=O) groups is 1. The van der Waals surface area contributed by atoms with Crippen LogP contribution in [0.2, 0.25) is 0 Å². The highest BCUT2D eigenvalue weighted by atomic mass is 79.9. The normalized spacial score (nSPS) is 18.8. The molecule has 0 aromatic carbocycles. The van der Waals surface area contributed by atoms with E-state index in [-0.39, 0.29) is 6.09 Å². The van der Waals surface area contributed by atoms with Crippen molar-refractivity contribution in [3.63, 3.8) is 0 Å². The molecular formula is C16H25BrN2O2S. The number of amides is 1. The van der Waals surface area contributed by atoms with Crippen molar-refractivity contribution in [1.82, 2.24) is 10.2 Å². The van der Waals surface area contributed by atoms with Gasteiger partial charge in [0.25, 0.3) is 0 Å². The second kappa shape index (κ2) is 7.32. The van der Waals surface area contributed by atoms with E-state index in [1.807, 2.05) is 37.0 Å². The van der Waals surface area contributed by atoms with E-state index in [0.717, 1.165) is 32.6 Å². The summed E-state index contributed by atoms with van der Waals surface area (Å²) in [6.07, 6.45) is 0.854. The fraction of sp³-hybridized carbons (Fsp3) is 0.688. The van der Waals surface area contributed by atoms with E-state index in [4.69, 9.17) is 4.74 Å². The molecule has 1 aromatic rings. The number of hydrogen-bond acceptors (Lipinski definition) is 4. The van der Waals surface area contributed by atoms with Crippen LogP contribution in [0.4, 0.5) is 4.79 Å². The molecule has 0 radical (unpaired) electrons. The molecule has 2 rings (SSSR count). The third-order valence-electron chi connectivity index (χ3n) is 3.58. The summed E-state index contributed by atoms with van der Waals surface area (Å²) in [7, 11) is 0. The fourth-order valence-corrected chi connectivity index (χ4v) is 4.07. The molecule has 1 aromatic heterocycles. The van der Waals surface area contributed by atoms with Gasteiger partial charge in [-0.25, -0.2) is 4.79 Å². The fourth-order valence-electron chi connectivity index (χ4n) is 2.50. The molecule has 0 saturated carbocycles. The maximum Gasteiger partial charge on any atom is 0.410 e. The van der Waals surface area contributed by atoms with Crippen molar-refractivity contribution in [2.24, 2.45) is 5.92 Å². The first-order valence-electron chi connectivity index (χ1n) is 7.68. The number of nitrogens with one attached hydrogen (secondary N) is 1. The Balaban J connectivity index is 1.71. The van der Waals surface area contributed by atoms with Gasteiger partial charge in [-0.15, -0.1) is 11.3 Å². The van der Waals surface area contributed by atoms with Crippen molar-refractivity contribution in [3.05, 3.63) is 20.3 Å². The minimum Gasteiger partial charge on any atom is -0.444 e. The van der Waals surface area contributed by atoms with Crippen LogP contribution in [0.15, 0.2) is 10.5 Å². The van der Waals surface area contributed by atoms with Gasteiger partial charge in [0.15, 0.2) is 0 Å². The topological polar surface area (TPSA) is 41.6 Å². The van der Waals surface area contributed by atoms with Crippen molar-refractivity contribution >= 4 is 33.4 Å². The molecule has 1 N–H and O–H groups in total. The number of carbonyl (C=O) groups excluding carboxylic acids is 1. The molecule has 1 amide bonds. The highest BCUT2D eigenvalue weighted by Gasteiger charge is 2.29. The predicted octanol–water partition coefficient (Wildman–Crippen LogP) is 4.17. The van der Waals surface area contributed by atoms with Gasteiger partial charge in [0.1, 0.15) is 5.60 Å². The number of thiophene rings is 1. The van der Waals surface area contributed by atoms with Gasteiger partial charge in [-0.2, -0.15) is 0 Å². The summed E-state index contributed by atoms with van der Waals surface area (Å²) in [5, 5.41) is 3.50. The number of halogens is 1. The first kappa shape index (κ1) is 17.8. The van der Waals surface area contributed by atoms with Crippen LogP contribution in [0, 0.1) is 12.8 Å². The third kappa shape index (κ3) is 5.25. The van der Waals surface area contributed by atoms with Gasteiger partial charge in [-0.1, -0.05) is 0 Å². The van der Waals surface area contributed by atoms with E-state index in [2.05, 4.69) is 34.2 Å². The van der Waals surface area contributed by atoms with Gasteiger partial charge >= 0.3 is 6.09 Å². The second-order valence-electron chi connectivity index (χ2n) is 6.83. The number of nitrogens with zero attached hydrogens (tertiary/aromatic N) is 1. The molecule has 2 heterocycles. The van der Waals surface area contributed by atoms with Gasteiger partial charge in [-0.05, 0) is 62.0 Å². The monoisotopic (exact) mass is 388 g/mol. The van der Waals surface area contributed by atoms with Crippen molar-refractivity contribution in [3.8, 4) is 0 Å². The first-order valence-corrected chi connectivity index (χ1v) is 9.29. The summed E-state index contributed by atoms with van der Waals surface area (Å²) in [4.78, 5) is 16.5. The standard InChI is InChI=1S/C16H25BrN2O2S/c1-11-14(17)7-13(22-11)9-18-8-12-5-6-19(10-12)15(20)21-16(2,3)4/h7,12,18H,5-6,8-10H2,1-4H3. The Labute approximate surface area is 145 Å². The number of ether oxygens (including phenoxy) is 1. The van der Waals surface area contributed by atoms with Gasteiger partial charge in [-0.3, -0.25) is 0 Å². The SMILES string of the molecule is Cc1sc(CNCC2CCN(C(=O)OC(C)(C)C)C2)cc1Br. The number of likely N-dealkylation sites (tertiary alicyclic amines) is 1. The average Bonchev–Trinajstić information content (AvgIpc) is 2.96. The van der Waals surface area contributed by atoms with E-state index in [9.17, 15) is 4.79 Å². The van der Waals surface area contributed by atoms with Crippen molar-refractivity contribution in [2.45, 2.75) is 46.3 Å². The maximum atomic E-state index is 12.0. The van der Waals surface area contributed by atoms with Crippen LogP contribution in [-0.4, -0.2) is 36.2 Å². The van der Waals surface area contributed by atoms with Crippen LogP contribution >= 0.6 is 27.3 Å². The first-order chi connectivity index (χ1) is 10.2. The molecule has 6 heteroatoms. The average molecular weight is 389 g/mol. The summed E-state index contributed by atoms with van der Waals surface area (Å²) >= 11 is 5.36. The zero-order chi connectivity index (χ0) is 16.3. The lowest BCUT2D eigenvalue weighted by Gasteiger charge is -2.24. The quantitative estimate of drug-likeness (QED) is 0.841. The molecule has 0 bridgehead atoms. The van der Waals surface area contributed by atoms with Crippen LogP contribution in [0.25, 0.3) is 0 Å². The summed E-state index contributed by atoms with van der Waals surface area (Å²) in [5.74, 6) is 0.511. The Morgan fingerprint density at radius 3 is 2.86 bits per heavy atom. The van der Waals surface area contributed by atoms with Gasteiger partial charge in [0.05, 0.1) is 0 Å². The highest BCUT2D eigenvalue weighted by molar-refractivity contribution is 9.10. The molecular weight excluding hydrogens is 364 g/mol. The van der Waals surface area contributed by atoms with Crippen LogP contribution in [0.1, 0.15) is 36.9 Å². The van der Waals surface area contributed by atoms with Crippen LogP contribution in [0.3, 0.4) is 0 Å². The van der Waals surface area contributed by atoms with E-state index >= 15 is 0 Å². The van der Waals surface area contributed by atoms with Crippen LogP contribution < -0.4 is 5.32 Å². The summed E-state index contributed by atoms with van der Waals surface area (Å²) < 4.78 is 6.61. The van der Waals surface area contributed by atoms with E-state index < -0.39 is 5.60 Å². The minimum atomic E-state index is -0.419. The molecule has 1 saturated heterocycles. The zero-order valence-electron chi connectivity index (χ0n) is 13.7. The minimum absolute atomic E-state index is 0.187. The second-order valence-corrected chi connectivity index (χ2v) is 9.02. The maximum absolute atomic E-state index is 12.0. The number of aryl methyl sites for hydroxylation is 1. The Hall–Kier alpha value is -0.590. The van der Waals surface area contributed by atoms with E-state index in [1.54, 1.807) is 0 Å². The van der Waals surface area contributed by atoms with Crippen LogP contribution in [-0.2, 0) is 11.3 Å². The van der Waals surface area contributed by atoms with Crippen LogP contribution in [0.5, 0.6) is 0 Å². The lowest BCUT2D eigenvalue weighted by molar-refractivity contribution is 0.0288. The Bertz CT molecular complexity index is 505. The van der Waals surface area contributed by atoms with Crippen molar-refractivity contribution < 1.29 is 9.53 Å². The van der Waals surface area contributed by atoms with Crippen molar-refractivity contribution in [1.29, 1.82) is 0 Å². The molecule has 4 nitrogen and oxygen atoms in total. The molecule has 124 valence electrons. The molecule has 1 aliphatic rings. The Morgan fingerprint density at radius 1 is 1.55 bits per heavy atom. The van der Waals surface area contributed by atoms with E-state index in [1.165, 1.54) is 14.2 Å². The number of hydrogen-bond donors (Lipinski definition) is 1. The lowest BCUT2D eigenvalue weighted by Crippen LogP contribution is -2.36.